The Kier molecular flexibility index (Phi) is 6.65. The molecule has 3 rings (SSSR count). The van der Waals surface area contributed by atoms with Crippen LogP contribution in [-0.2, 0) is 20.7 Å². The third kappa shape index (κ3) is 5.02. The fraction of sp³-hybridized carbons (Fsp3) is 0.348. The van der Waals surface area contributed by atoms with Gasteiger partial charge < -0.3 is 10.1 Å². The molecule has 1 amide bonds. The summed E-state index contributed by atoms with van der Waals surface area (Å²) in [5, 5.41) is 2.81. The van der Waals surface area contributed by atoms with E-state index in [2.05, 4.69) is 9.88 Å². The van der Waals surface area contributed by atoms with E-state index in [1.807, 2.05) is 68.4 Å². The number of carbonyl (C=O) groups is 2. The molecule has 1 unspecified atom stereocenters. The number of aromatic nitrogens is 2. The summed E-state index contributed by atoms with van der Waals surface area (Å²) >= 11 is 0. The summed E-state index contributed by atoms with van der Waals surface area (Å²) < 4.78 is 6.90. The minimum Gasteiger partial charge on any atom is -0.467 e. The van der Waals surface area contributed by atoms with Crippen LogP contribution in [0.15, 0.2) is 54.6 Å². The predicted molar refractivity (Wildman–Crippen MR) is 113 cm³/mol. The van der Waals surface area contributed by atoms with E-state index in [0.29, 0.717) is 12.8 Å². The molecule has 1 N–H and O–H groups in total. The lowest BCUT2D eigenvalue weighted by atomic mass is 10.0. The molecule has 0 radical (unpaired) electrons. The van der Waals surface area contributed by atoms with Crippen molar-refractivity contribution in [3.8, 4) is 5.69 Å². The van der Waals surface area contributed by atoms with E-state index < -0.39 is 12.0 Å². The summed E-state index contributed by atoms with van der Waals surface area (Å²) in [5.41, 5.74) is 2.89. The number of fused-ring (bicyclic) bond motifs is 1. The van der Waals surface area contributed by atoms with Crippen LogP contribution in [0, 0.1) is 5.92 Å². The van der Waals surface area contributed by atoms with Gasteiger partial charge in [0.1, 0.15) is 11.9 Å². The number of ether oxygens (including phenoxy) is 1. The van der Waals surface area contributed by atoms with Gasteiger partial charge in [0.05, 0.1) is 18.1 Å². The van der Waals surface area contributed by atoms with Crippen LogP contribution in [-0.4, -0.2) is 34.6 Å². The van der Waals surface area contributed by atoms with Gasteiger partial charge in [-0.25, -0.2) is 9.78 Å². The van der Waals surface area contributed by atoms with E-state index in [4.69, 9.17) is 9.72 Å². The number of nitrogens with one attached hydrogen (secondary N) is 1. The third-order valence-corrected chi connectivity index (χ3v) is 4.75. The van der Waals surface area contributed by atoms with Crippen molar-refractivity contribution in [2.24, 2.45) is 5.92 Å². The van der Waals surface area contributed by atoms with Crippen LogP contribution in [0.3, 0.4) is 0 Å². The molecule has 0 aliphatic carbocycles. The van der Waals surface area contributed by atoms with Gasteiger partial charge in [-0.2, -0.15) is 0 Å². The zero-order valence-electron chi connectivity index (χ0n) is 17.1. The molecule has 1 heterocycles. The number of benzene rings is 2. The third-order valence-electron chi connectivity index (χ3n) is 4.75. The average Bonchev–Trinajstić information content (AvgIpc) is 3.10. The molecule has 6 heteroatoms. The van der Waals surface area contributed by atoms with Gasteiger partial charge in [-0.3, -0.25) is 9.36 Å². The highest BCUT2D eigenvalue weighted by Gasteiger charge is 2.23. The van der Waals surface area contributed by atoms with Gasteiger partial charge in [0.25, 0.3) is 0 Å². The van der Waals surface area contributed by atoms with Crippen molar-refractivity contribution < 1.29 is 14.3 Å². The molecule has 0 aliphatic rings. The first-order chi connectivity index (χ1) is 14.0. The van der Waals surface area contributed by atoms with Crippen molar-refractivity contribution in [2.75, 3.05) is 7.11 Å². The van der Waals surface area contributed by atoms with E-state index in [1.165, 1.54) is 7.11 Å². The van der Waals surface area contributed by atoms with Gasteiger partial charge >= 0.3 is 5.97 Å². The first-order valence-electron chi connectivity index (χ1n) is 9.88. The highest BCUT2D eigenvalue weighted by Crippen LogP contribution is 2.22. The van der Waals surface area contributed by atoms with Crippen LogP contribution in [0.25, 0.3) is 16.7 Å². The van der Waals surface area contributed by atoms with Gasteiger partial charge in [0, 0.05) is 18.5 Å². The summed E-state index contributed by atoms with van der Waals surface area (Å²) in [6, 6.07) is 17.3. The van der Waals surface area contributed by atoms with E-state index in [-0.39, 0.29) is 18.2 Å². The topological polar surface area (TPSA) is 73.2 Å². The number of esters is 1. The number of hydrogen-bond acceptors (Lipinski definition) is 4. The maximum atomic E-state index is 12.5. The summed E-state index contributed by atoms with van der Waals surface area (Å²) in [5.74, 6) is 0.476. The Morgan fingerprint density at radius 3 is 2.45 bits per heavy atom. The van der Waals surface area contributed by atoms with E-state index in [1.54, 1.807) is 0 Å². The van der Waals surface area contributed by atoms with Crippen LogP contribution >= 0.6 is 0 Å². The lowest BCUT2D eigenvalue weighted by molar-refractivity contribution is -0.145. The average molecular weight is 393 g/mol. The zero-order valence-corrected chi connectivity index (χ0v) is 17.1. The number of hydrogen-bond donors (Lipinski definition) is 1. The Labute approximate surface area is 170 Å². The van der Waals surface area contributed by atoms with Crippen molar-refractivity contribution in [3.63, 3.8) is 0 Å². The standard InChI is InChI=1S/C23H27N3O3/c1-16(2)15-19(23(28)29-3)25-22(27)14-13-21-24-18-11-7-8-12-20(18)26(21)17-9-5-4-6-10-17/h4-12,16,19H,13-15H2,1-3H3,(H,25,27). The van der Waals surface area contributed by atoms with Crippen molar-refractivity contribution >= 4 is 22.9 Å². The Bertz CT molecular complexity index is 979. The molecule has 0 aliphatic heterocycles. The second-order valence-electron chi connectivity index (χ2n) is 7.46. The first kappa shape index (κ1) is 20.6. The second kappa shape index (κ2) is 9.37. The van der Waals surface area contributed by atoms with E-state index >= 15 is 0 Å². The number of nitrogens with zero attached hydrogens (tertiary/aromatic N) is 2. The minimum absolute atomic E-state index is 0.187. The molecule has 0 fully saturated rings. The number of aryl methyl sites for hydroxylation is 1. The van der Waals surface area contributed by atoms with E-state index in [0.717, 1.165) is 22.5 Å². The SMILES string of the molecule is COC(=O)C(CC(C)C)NC(=O)CCc1nc2ccccc2n1-c1ccccc1. The fourth-order valence-electron chi connectivity index (χ4n) is 3.43. The van der Waals surface area contributed by atoms with Crippen molar-refractivity contribution in [1.29, 1.82) is 0 Å². The Morgan fingerprint density at radius 1 is 1.07 bits per heavy atom. The Hall–Kier alpha value is -3.15. The second-order valence-corrected chi connectivity index (χ2v) is 7.46. The molecule has 6 nitrogen and oxygen atoms in total. The zero-order chi connectivity index (χ0) is 20.8. The molecule has 0 saturated heterocycles. The Morgan fingerprint density at radius 2 is 1.76 bits per heavy atom. The van der Waals surface area contributed by atoms with Crippen LogP contribution in [0.5, 0.6) is 0 Å². The molecule has 3 aromatic rings. The van der Waals surface area contributed by atoms with Gasteiger partial charge in [-0.05, 0) is 36.6 Å². The molecule has 29 heavy (non-hydrogen) atoms. The van der Waals surface area contributed by atoms with Gasteiger partial charge in [0.2, 0.25) is 5.91 Å². The first-order valence-corrected chi connectivity index (χ1v) is 9.88. The highest BCUT2D eigenvalue weighted by molar-refractivity contribution is 5.84. The van der Waals surface area contributed by atoms with Gasteiger partial charge in [-0.1, -0.05) is 44.2 Å². The number of para-hydroxylation sites is 3. The molecular weight excluding hydrogens is 366 g/mol. The largest absolute Gasteiger partial charge is 0.467 e. The van der Waals surface area contributed by atoms with Gasteiger partial charge in [0.15, 0.2) is 0 Å². The van der Waals surface area contributed by atoms with Crippen LogP contribution in [0.2, 0.25) is 0 Å². The number of methoxy groups -OCH3 is 1. The minimum atomic E-state index is -0.625. The van der Waals surface area contributed by atoms with Crippen LogP contribution in [0.4, 0.5) is 0 Å². The van der Waals surface area contributed by atoms with Crippen LogP contribution in [0.1, 0.15) is 32.5 Å². The molecule has 1 atom stereocenters. The summed E-state index contributed by atoms with van der Waals surface area (Å²) in [6.45, 7) is 4.01. The maximum absolute atomic E-state index is 12.5. The van der Waals surface area contributed by atoms with Crippen molar-refractivity contribution in [2.45, 2.75) is 39.2 Å². The quantitative estimate of drug-likeness (QED) is 0.593. The van der Waals surface area contributed by atoms with Crippen LogP contribution < -0.4 is 5.32 Å². The summed E-state index contributed by atoms with van der Waals surface area (Å²) in [4.78, 5) is 29.2. The fourth-order valence-corrected chi connectivity index (χ4v) is 3.43. The summed E-state index contributed by atoms with van der Waals surface area (Å²) in [7, 11) is 1.34. The van der Waals surface area contributed by atoms with Crippen molar-refractivity contribution in [1.82, 2.24) is 14.9 Å². The molecule has 0 saturated carbocycles. The lowest BCUT2D eigenvalue weighted by Gasteiger charge is -2.18. The molecule has 152 valence electrons. The Balaban J connectivity index is 1.78. The number of rotatable bonds is 8. The molecule has 0 bridgehead atoms. The maximum Gasteiger partial charge on any atom is 0.328 e. The predicted octanol–water partition coefficient (Wildman–Crippen LogP) is 3.66. The normalized spacial score (nSPS) is 12.1. The lowest BCUT2D eigenvalue weighted by Crippen LogP contribution is -2.42. The molecular formula is C23H27N3O3. The molecule has 2 aromatic carbocycles. The summed E-state index contributed by atoms with van der Waals surface area (Å²) in [6.07, 6.45) is 1.24. The van der Waals surface area contributed by atoms with Gasteiger partial charge in [-0.15, -0.1) is 0 Å². The molecule has 1 aromatic heterocycles. The number of imidazole rings is 1. The molecule has 0 spiro atoms. The number of carbonyl (C=O) groups excluding carboxylic acids is 2. The van der Waals surface area contributed by atoms with E-state index in [9.17, 15) is 9.59 Å². The highest BCUT2D eigenvalue weighted by atomic mass is 16.5. The van der Waals surface area contributed by atoms with Crippen molar-refractivity contribution in [3.05, 3.63) is 60.4 Å². The smallest absolute Gasteiger partial charge is 0.328 e. The number of amides is 1. The monoisotopic (exact) mass is 393 g/mol.